The third kappa shape index (κ3) is 3.65. The molecule has 0 fully saturated rings. The number of nitro benzene ring substituents is 1. The molecule has 2 N–H and O–H groups in total. The van der Waals surface area contributed by atoms with Crippen LogP contribution in [0.15, 0.2) is 45.5 Å². The number of nitro groups is 1. The van der Waals surface area contributed by atoms with Gasteiger partial charge in [-0.1, -0.05) is 37.7 Å². The summed E-state index contributed by atoms with van der Waals surface area (Å²) in [5.41, 5.74) is 2.07. The molecule has 1 aromatic carbocycles. The number of nitrogens with one attached hydrogen (secondary N) is 2. The van der Waals surface area contributed by atoms with Gasteiger partial charge in [-0.15, -0.1) is 0 Å². The summed E-state index contributed by atoms with van der Waals surface area (Å²) in [5, 5.41) is 15.1. The molecule has 0 spiro atoms. The summed E-state index contributed by atoms with van der Waals surface area (Å²) in [6, 6.07) is 6.04. The van der Waals surface area contributed by atoms with Gasteiger partial charge in [-0.25, -0.2) is 4.98 Å². The number of anilines is 1. The summed E-state index contributed by atoms with van der Waals surface area (Å²) in [6.45, 7) is 4.14. The summed E-state index contributed by atoms with van der Waals surface area (Å²) in [5.74, 6) is -0.139. The number of rotatable bonds is 5. The Morgan fingerprint density at radius 3 is 2.67 bits per heavy atom. The van der Waals surface area contributed by atoms with Crippen LogP contribution < -0.4 is 10.9 Å². The zero-order valence-corrected chi connectivity index (χ0v) is 17.5. The lowest BCUT2D eigenvalue weighted by Gasteiger charge is -2.32. The number of non-ortho nitro benzene ring substituents is 1. The highest BCUT2D eigenvalue weighted by molar-refractivity contribution is 7.99. The summed E-state index contributed by atoms with van der Waals surface area (Å²) >= 11 is 1.50. The van der Waals surface area contributed by atoms with E-state index in [1.54, 1.807) is 12.1 Å². The molecule has 0 unspecified atom stereocenters. The second kappa shape index (κ2) is 8.06. The number of allylic oxidation sites excluding steroid dienone is 2. The summed E-state index contributed by atoms with van der Waals surface area (Å²) in [4.78, 5) is 44.0. The highest BCUT2D eigenvalue weighted by atomic mass is 32.2. The number of carbonyl (C=O) groups is 1. The van der Waals surface area contributed by atoms with Crippen LogP contribution >= 0.6 is 11.8 Å². The molecule has 0 saturated heterocycles. The molecule has 30 heavy (non-hydrogen) atoms. The van der Waals surface area contributed by atoms with Gasteiger partial charge >= 0.3 is 0 Å². The number of benzene rings is 1. The van der Waals surface area contributed by atoms with Crippen LogP contribution in [0.25, 0.3) is 0 Å². The van der Waals surface area contributed by atoms with Crippen LogP contribution in [0.4, 0.5) is 11.5 Å². The molecule has 0 radical (unpaired) electrons. The van der Waals surface area contributed by atoms with E-state index >= 15 is 0 Å². The number of aromatic nitrogens is 2. The highest BCUT2D eigenvalue weighted by Crippen LogP contribution is 2.43. The number of H-pyrrole nitrogens is 1. The van der Waals surface area contributed by atoms with Crippen LogP contribution in [0.2, 0.25) is 0 Å². The van der Waals surface area contributed by atoms with E-state index in [0.29, 0.717) is 45.8 Å². The Kier molecular flexibility index (Phi) is 5.46. The third-order valence-corrected chi connectivity index (χ3v) is 6.71. The van der Waals surface area contributed by atoms with Crippen molar-refractivity contribution in [1.29, 1.82) is 0 Å². The van der Waals surface area contributed by atoms with Crippen LogP contribution in [-0.2, 0) is 4.79 Å². The molecule has 2 heterocycles. The number of carbonyl (C=O) groups excluding carboxylic acids is 1. The minimum Gasteiger partial charge on any atom is -0.343 e. The largest absolute Gasteiger partial charge is 0.343 e. The van der Waals surface area contributed by atoms with Crippen LogP contribution in [0, 0.1) is 10.1 Å². The van der Waals surface area contributed by atoms with E-state index < -0.39 is 10.8 Å². The minimum atomic E-state index is -0.594. The van der Waals surface area contributed by atoms with Crippen molar-refractivity contribution in [1.82, 2.24) is 9.97 Å². The lowest BCUT2D eigenvalue weighted by Crippen LogP contribution is -2.32. The number of fused-ring (bicyclic) bond motifs is 1. The Hall–Kier alpha value is -2.94. The number of Topliss-reactive ketones (excluding diaryl/α,β-unsaturated/α-hetero) is 1. The fraction of sp³-hybridized carbons (Fsp3) is 0.381. The Bertz CT molecular complexity index is 1110. The molecule has 4 rings (SSSR count). The molecule has 9 heteroatoms. The molecule has 2 atom stereocenters. The SMILES string of the molecule is CC[C@@H](C)Sc1nc2c(c(=O)[nH]1)[C@@H](c1ccc([N+](=O)[O-])cc1)C1=C(CCCC1=O)N2. The molecule has 156 valence electrons. The van der Waals surface area contributed by atoms with Crippen molar-refractivity contribution in [2.45, 2.75) is 55.9 Å². The standard InChI is InChI=1S/C21H22N4O4S/c1-3-11(2)30-21-23-19-18(20(27)24-21)16(12-7-9-13(10-8-12)25(28)29)17-14(22-19)5-4-6-15(17)26/h7-11,16H,3-6H2,1-2H3,(H2,22,23,24,27)/t11-,16+/m1/s1. The maximum atomic E-state index is 13.1. The van der Waals surface area contributed by atoms with Gasteiger partial charge in [0.05, 0.1) is 10.5 Å². The molecule has 1 aromatic heterocycles. The van der Waals surface area contributed by atoms with Crippen molar-refractivity contribution in [2.24, 2.45) is 0 Å². The van der Waals surface area contributed by atoms with Crippen LogP contribution in [0.3, 0.4) is 0 Å². The van der Waals surface area contributed by atoms with Gasteiger partial charge in [0.25, 0.3) is 11.2 Å². The average Bonchev–Trinajstić information content (AvgIpc) is 2.72. The van der Waals surface area contributed by atoms with E-state index in [2.05, 4.69) is 29.1 Å². The first-order valence-corrected chi connectivity index (χ1v) is 10.9. The fourth-order valence-corrected chi connectivity index (χ4v) is 4.74. The van der Waals surface area contributed by atoms with Crippen molar-refractivity contribution in [3.05, 3.63) is 67.1 Å². The van der Waals surface area contributed by atoms with Gasteiger partial charge in [0.15, 0.2) is 10.9 Å². The van der Waals surface area contributed by atoms with Gasteiger partial charge in [0.2, 0.25) is 0 Å². The second-order valence-electron chi connectivity index (χ2n) is 7.55. The first kappa shape index (κ1) is 20.3. The van der Waals surface area contributed by atoms with Gasteiger partial charge < -0.3 is 10.3 Å². The summed E-state index contributed by atoms with van der Waals surface area (Å²) in [6.07, 6.45) is 2.80. The highest BCUT2D eigenvalue weighted by Gasteiger charge is 2.38. The molecule has 0 saturated carbocycles. The fourth-order valence-electron chi connectivity index (χ4n) is 3.89. The van der Waals surface area contributed by atoms with E-state index in [0.717, 1.165) is 18.5 Å². The number of nitrogens with zero attached hydrogens (tertiary/aromatic N) is 2. The zero-order chi connectivity index (χ0) is 21.4. The molecule has 1 aliphatic carbocycles. The molecule has 1 aliphatic heterocycles. The van der Waals surface area contributed by atoms with Crippen LogP contribution in [0.5, 0.6) is 0 Å². The predicted octanol–water partition coefficient (Wildman–Crippen LogP) is 4.13. The monoisotopic (exact) mass is 426 g/mol. The predicted molar refractivity (Wildman–Crippen MR) is 115 cm³/mol. The van der Waals surface area contributed by atoms with E-state index in [1.807, 2.05) is 0 Å². The number of hydrogen-bond donors (Lipinski definition) is 2. The molecule has 0 amide bonds. The molecule has 2 aliphatic rings. The number of ketones is 1. The van der Waals surface area contributed by atoms with Gasteiger partial charge in [-0.3, -0.25) is 19.7 Å². The molecule has 8 nitrogen and oxygen atoms in total. The van der Waals surface area contributed by atoms with E-state index in [4.69, 9.17) is 0 Å². The van der Waals surface area contributed by atoms with Crippen molar-refractivity contribution in [3.63, 3.8) is 0 Å². The lowest BCUT2D eigenvalue weighted by atomic mass is 9.76. The maximum absolute atomic E-state index is 13.1. The topological polar surface area (TPSA) is 118 Å². The Morgan fingerprint density at radius 1 is 1.27 bits per heavy atom. The van der Waals surface area contributed by atoms with Gasteiger partial charge in [-0.05, 0) is 24.8 Å². The maximum Gasteiger partial charge on any atom is 0.269 e. The van der Waals surface area contributed by atoms with E-state index in [-0.39, 0.29) is 17.0 Å². The van der Waals surface area contributed by atoms with Crippen LogP contribution in [0.1, 0.15) is 56.6 Å². The number of aromatic amines is 1. The smallest absolute Gasteiger partial charge is 0.269 e. The Morgan fingerprint density at radius 2 is 2.00 bits per heavy atom. The van der Waals surface area contributed by atoms with Crippen LogP contribution in [-0.4, -0.2) is 25.9 Å². The first-order valence-electron chi connectivity index (χ1n) is 9.97. The summed E-state index contributed by atoms with van der Waals surface area (Å²) in [7, 11) is 0. The van der Waals surface area contributed by atoms with E-state index in [9.17, 15) is 19.7 Å². The quantitative estimate of drug-likeness (QED) is 0.319. The lowest BCUT2D eigenvalue weighted by molar-refractivity contribution is -0.384. The van der Waals surface area contributed by atoms with Crippen molar-refractivity contribution >= 4 is 29.1 Å². The van der Waals surface area contributed by atoms with Gasteiger partial charge in [0, 0.05) is 41.0 Å². The van der Waals surface area contributed by atoms with E-state index in [1.165, 1.54) is 23.9 Å². The minimum absolute atomic E-state index is 0.00444. The molecule has 0 bridgehead atoms. The van der Waals surface area contributed by atoms with Gasteiger partial charge in [0.1, 0.15) is 5.82 Å². The normalized spacial score (nSPS) is 19.0. The van der Waals surface area contributed by atoms with Crippen molar-refractivity contribution in [3.8, 4) is 0 Å². The number of hydrogen-bond acceptors (Lipinski definition) is 7. The van der Waals surface area contributed by atoms with Gasteiger partial charge in [-0.2, -0.15) is 0 Å². The Balaban J connectivity index is 1.86. The third-order valence-electron chi connectivity index (χ3n) is 5.56. The molecular weight excluding hydrogens is 404 g/mol. The first-order chi connectivity index (χ1) is 14.4. The second-order valence-corrected chi connectivity index (χ2v) is 8.97. The zero-order valence-electron chi connectivity index (χ0n) is 16.7. The summed E-state index contributed by atoms with van der Waals surface area (Å²) < 4.78 is 0. The average molecular weight is 426 g/mol. The molecule has 2 aromatic rings. The van der Waals surface area contributed by atoms with Crippen molar-refractivity contribution < 1.29 is 9.72 Å². The number of thioether (sulfide) groups is 1. The Labute approximate surface area is 177 Å². The molecular formula is C21H22N4O4S. The van der Waals surface area contributed by atoms with Crippen molar-refractivity contribution in [2.75, 3.05) is 5.32 Å².